The van der Waals surface area contributed by atoms with Crippen LogP contribution >= 0.6 is 23.2 Å². The van der Waals surface area contributed by atoms with Gasteiger partial charge in [0, 0.05) is 5.02 Å². The fourth-order valence-electron chi connectivity index (χ4n) is 1.70. The minimum Gasteiger partial charge on any atom is -0.341 e. The molecule has 21 heavy (non-hydrogen) atoms. The molecule has 0 fully saturated rings. The first-order valence-corrected chi connectivity index (χ1v) is 6.43. The second-order valence-electron chi connectivity index (χ2n) is 4.02. The van der Waals surface area contributed by atoms with Gasteiger partial charge in [0.1, 0.15) is 11.3 Å². The number of hydrogen-bond acceptors (Lipinski definition) is 4. The minimum absolute atomic E-state index is 0.0704. The van der Waals surface area contributed by atoms with Gasteiger partial charge < -0.3 is 4.98 Å². The largest absolute Gasteiger partial charge is 0.341 e. The number of aromatic amines is 1. The third-order valence-electron chi connectivity index (χ3n) is 2.64. The quantitative estimate of drug-likeness (QED) is 0.709. The molecule has 2 N–H and O–H groups in total. The van der Waals surface area contributed by atoms with Gasteiger partial charge in [-0.25, -0.2) is 9.37 Å². The van der Waals surface area contributed by atoms with Crippen molar-refractivity contribution in [3.63, 3.8) is 0 Å². The van der Waals surface area contributed by atoms with E-state index in [-0.39, 0.29) is 21.7 Å². The molecular weight excluding hydrogens is 320 g/mol. The van der Waals surface area contributed by atoms with Crippen molar-refractivity contribution in [2.24, 2.45) is 0 Å². The molecule has 2 aromatic heterocycles. The molecule has 1 aromatic carbocycles. The van der Waals surface area contributed by atoms with Crippen LogP contribution in [0.1, 0.15) is 10.4 Å². The van der Waals surface area contributed by atoms with E-state index in [1.807, 2.05) is 0 Å². The first kappa shape index (κ1) is 13.7. The van der Waals surface area contributed by atoms with Crippen molar-refractivity contribution in [1.82, 2.24) is 19.9 Å². The Hall–Kier alpha value is -2.25. The molecule has 0 saturated carbocycles. The van der Waals surface area contributed by atoms with Crippen LogP contribution in [0.15, 0.2) is 24.5 Å². The summed E-state index contributed by atoms with van der Waals surface area (Å²) in [7, 11) is 0. The average molecular weight is 326 g/mol. The lowest BCUT2D eigenvalue weighted by Gasteiger charge is -2.05. The number of fused-ring (bicyclic) bond motifs is 1. The number of halogens is 3. The van der Waals surface area contributed by atoms with Crippen molar-refractivity contribution in [3.05, 3.63) is 46.1 Å². The van der Waals surface area contributed by atoms with Gasteiger partial charge in [0.05, 0.1) is 11.9 Å². The number of carbonyl (C=O) groups excluding carboxylic acids is 1. The molecule has 106 valence electrons. The maximum absolute atomic E-state index is 13.7. The van der Waals surface area contributed by atoms with Gasteiger partial charge in [0.25, 0.3) is 5.91 Å². The lowest BCUT2D eigenvalue weighted by molar-refractivity contribution is 0.102. The lowest BCUT2D eigenvalue weighted by atomic mass is 10.2. The predicted molar refractivity (Wildman–Crippen MR) is 76.1 cm³/mol. The van der Waals surface area contributed by atoms with E-state index in [0.717, 1.165) is 6.07 Å². The summed E-state index contributed by atoms with van der Waals surface area (Å²) in [5.41, 5.74) is 0.565. The van der Waals surface area contributed by atoms with E-state index in [9.17, 15) is 9.18 Å². The highest BCUT2D eigenvalue weighted by atomic mass is 35.5. The summed E-state index contributed by atoms with van der Waals surface area (Å²) in [4.78, 5) is 26.5. The van der Waals surface area contributed by atoms with Crippen LogP contribution < -0.4 is 5.32 Å². The summed E-state index contributed by atoms with van der Waals surface area (Å²) in [5.74, 6) is -1.53. The average Bonchev–Trinajstić information content (AvgIpc) is 2.87. The number of imidazole rings is 1. The molecule has 0 aliphatic rings. The van der Waals surface area contributed by atoms with Crippen LogP contribution in [0.5, 0.6) is 0 Å². The molecule has 0 bridgehead atoms. The monoisotopic (exact) mass is 325 g/mol. The predicted octanol–water partition coefficient (Wildman–Crippen LogP) is 3.05. The Morgan fingerprint density at radius 1 is 1.29 bits per heavy atom. The highest BCUT2D eigenvalue weighted by molar-refractivity contribution is 6.33. The number of nitrogens with zero attached hydrogens (tertiary/aromatic N) is 3. The molecule has 0 atom stereocenters. The second kappa shape index (κ2) is 5.27. The molecule has 9 heteroatoms. The number of anilines is 1. The Morgan fingerprint density at radius 3 is 2.86 bits per heavy atom. The minimum atomic E-state index is -0.744. The molecule has 3 rings (SSSR count). The van der Waals surface area contributed by atoms with Crippen molar-refractivity contribution in [1.29, 1.82) is 0 Å². The van der Waals surface area contributed by atoms with Gasteiger partial charge in [0.2, 0.25) is 5.95 Å². The van der Waals surface area contributed by atoms with Crippen molar-refractivity contribution in [2.45, 2.75) is 0 Å². The molecule has 0 radical (unpaired) electrons. The summed E-state index contributed by atoms with van der Waals surface area (Å²) in [6.45, 7) is 0. The van der Waals surface area contributed by atoms with E-state index in [0.29, 0.717) is 11.2 Å². The molecule has 1 amide bonds. The van der Waals surface area contributed by atoms with E-state index in [1.165, 1.54) is 18.5 Å². The first-order valence-electron chi connectivity index (χ1n) is 5.67. The number of H-pyrrole nitrogens is 1. The molecule has 6 nitrogen and oxygen atoms in total. The van der Waals surface area contributed by atoms with Crippen LogP contribution in [0.25, 0.3) is 11.2 Å². The Labute approximate surface area is 127 Å². The molecule has 0 spiro atoms. The van der Waals surface area contributed by atoms with Crippen LogP contribution in [0.2, 0.25) is 10.2 Å². The van der Waals surface area contributed by atoms with Crippen LogP contribution in [0.4, 0.5) is 10.3 Å². The lowest BCUT2D eigenvalue weighted by Crippen LogP contribution is -2.16. The van der Waals surface area contributed by atoms with Crippen LogP contribution in [-0.4, -0.2) is 25.8 Å². The fourth-order valence-corrected chi connectivity index (χ4v) is 2.07. The van der Waals surface area contributed by atoms with Gasteiger partial charge in [-0.3, -0.25) is 10.1 Å². The van der Waals surface area contributed by atoms with Crippen molar-refractivity contribution in [2.75, 3.05) is 5.32 Å². The Balaban J connectivity index is 1.92. The SMILES string of the molecule is O=C(Nc1nc(Cl)c2[nH]cnc2n1)c1ccc(Cl)cc1F. The zero-order valence-electron chi connectivity index (χ0n) is 10.2. The zero-order chi connectivity index (χ0) is 15.0. The third-order valence-corrected chi connectivity index (χ3v) is 3.15. The number of rotatable bonds is 2. The molecule has 0 unspecified atom stereocenters. The normalized spacial score (nSPS) is 10.8. The number of carbonyl (C=O) groups is 1. The molecule has 2 heterocycles. The molecule has 0 aliphatic carbocycles. The molecular formula is C12H6Cl2FN5O. The number of amides is 1. The summed E-state index contributed by atoms with van der Waals surface area (Å²) < 4.78 is 13.7. The van der Waals surface area contributed by atoms with Crippen molar-refractivity contribution in [3.8, 4) is 0 Å². The zero-order valence-corrected chi connectivity index (χ0v) is 11.7. The van der Waals surface area contributed by atoms with E-state index < -0.39 is 11.7 Å². The maximum Gasteiger partial charge on any atom is 0.260 e. The number of hydrogen-bond donors (Lipinski definition) is 2. The van der Waals surface area contributed by atoms with Crippen LogP contribution in [0, 0.1) is 5.82 Å². The summed E-state index contributed by atoms with van der Waals surface area (Å²) in [6, 6.07) is 3.72. The van der Waals surface area contributed by atoms with E-state index in [2.05, 4.69) is 25.3 Å². The summed E-state index contributed by atoms with van der Waals surface area (Å²) in [6.07, 6.45) is 1.40. The first-order chi connectivity index (χ1) is 10.0. The standard InChI is InChI=1S/C12H6Cl2FN5O/c13-5-1-2-6(7(15)3-5)11(21)20-12-18-9(14)8-10(19-12)17-4-16-8/h1-4H,(H2,16,17,18,19,20,21). The third kappa shape index (κ3) is 2.65. The molecule has 0 saturated heterocycles. The van der Waals surface area contributed by atoms with Crippen LogP contribution in [0.3, 0.4) is 0 Å². The Morgan fingerprint density at radius 2 is 2.10 bits per heavy atom. The Kier molecular flexibility index (Phi) is 3.44. The molecule has 0 aliphatic heterocycles. The smallest absolute Gasteiger partial charge is 0.260 e. The van der Waals surface area contributed by atoms with E-state index in [1.54, 1.807) is 0 Å². The van der Waals surface area contributed by atoms with E-state index in [4.69, 9.17) is 23.2 Å². The van der Waals surface area contributed by atoms with Crippen LogP contribution in [-0.2, 0) is 0 Å². The topological polar surface area (TPSA) is 83.6 Å². The van der Waals surface area contributed by atoms with Crippen molar-refractivity contribution >= 4 is 46.2 Å². The number of aromatic nitrogens is 4. The van der Waals surface area contributed by atoms with Gasteiger partial charge in [-0.15, -0.1) is 0 Å². The van der Waals surface area contributed by atoms with Gasteiger partial charge in [-0.1, -0.05) is 23.2 Å². The summed E-state index contributed by atoms with van der Waals surface area (Å²) >= 11 is 11.5. The van der Waals surface area contributed by atoms with Gasteiger partial charge in [0.15, 0.2) is 10.8 Å². The second-order valence-corrected chi connectivity index (χ2v) is 4.81. The maximum atomic E-state index is 13.7. The fraction of sp³-hybridized carbons (Fsp3) is 0. The highest BCUT2D eigenvalue weighted by Gasteiger charge is 2.15. The van der Waals surface area contributed by atoms with Gasteiger partial charge in [-0.05, 0) is 18.2 Å². The van der Waals surface area contributed by atoms with Crippen molar-refractivity contribution < 1.29 is 9.18 Å². The van der Waals surface area contributed by atoms with Gasteiger partial charge in [-0.2, -0.15) is 9.97 Å². The summed E-state index contributed by atoms with van der Waals surface area (Å²) in [5, 5.41) is 2.66. The van der Waals surface area contributed by atoms with E-state index >= 15 is 0 Å². The Bertz CT molecular complexity index is 851. The molecule has 3 aromatic rings. The highest BCUT2D eigenvalue weighted by Crippen LogP contribution is 2.19. The van der Waals surface area contributed by atoms with Gasteiger partial charge >= 0.3 is 0 Å². The number of nitrogens with one attached hydrogen (secondary N) is 2. The number of benzene rings is 1.